The molecule has 0 unspecified atom stereocenters. The molecular formula is C8H5F2NOS. The summed E-state index contributed by atoms with van der Waals surface area (Å²) in [6, 6.07) is 8.13. The quantitative estimate of drug-likeness (QED) is 0.612. The van der Waals surface area contributed by atoms with Gasteiger partial charge in [0.05, 0.1) is 15.7 Å². The van der Waals surface area contributed by atoms with E-state index in [4.69, 9.17) is 4.79 Å². The topological polar surface area (TPSA) is 30.0 Å². The van der Waals surface area contributed by atoms with Crippen LogP contribution in [-0.2, 0) is 0 Å². The van der Waals surface area contributed by atoms with Crippen LogP contribution in [0.1, 0.15) is 0 Å². The van der Waals surface area contributed by atoms with Crippen LogP contribution in [0.2, 0.25) is 0 Å². The Morgan fingerprint density at radius 2 is 1.92 bits per heavy atom. The first kappa shape index (κ1) is 9.73. The molecule has 2 aromatic rings. The van der Waals surface area contributed by atoms with Gasteiger partial charge in [-0.3, -0.25) is 0 Å². The molecule has 0 aliphatic carbocycles. The van der Waals surface area contributed by atoms with Crippen LogP contribution in [0.4, 0.5) is 13.6 Å². The number of carbonyl (C=O) groups excluding carboxylic acids is 1. The fraction of sp³-hybridized carbons (Fsp3) is 0. The van der Waals surface area contributed by atoms with E-state index in [2.05, 4.69) is 11.1 Å². The molecule has 1 aromatic carbocycles. The molecule has 0 radical (unpaired) electrons. The van der Waals surface area contributed by atoms with Crippen molar-refractivity contribution in [3.8, 4) is 0 Å². The van der Waals surface area contributed by atoms with E-state index in [9.17, 15) is 8.78 Å². The Morgan fingerprint density at radius 3 is 2.54 bits per heavy atom. The Hall–Kier alpha value is -1.36. The second-order valence-electron chi connectivity index (χ2n) is 2.05. The van der Waals surface area contributed by atoms with Gasteiger partial charge in [-0.05, 0) is 12.1 Å². The van der Waals surface area contributed by atoms with Crippen LogP contribution in [-0.4, -0.2) is 11.3 Å². The fourth-order valence-electron chi connectivity index (χ4n) is 0.803. The summed E-state index contributed by atoms with van der Waals surface area (Å²) in [5, 5.41) is 0. The van der Waals surface area contributed by atoms with Crippen molar-refractivity contribution in [2.45, 2.75) is 0 Å². The second-order valence-corrected chi connectivity index (χ2v) is 2.93. The van der Waals surface area contributed by atoms with Gasteiger partial charge < -0.3 is 0 Å². The average Bonchev–Trinajstić information content (AvgIpc) is 2.49. The van der Waals surface area contributed by atoms with E-state index < -0.39 is 6.29 Å². The van der Waals surface area contributed by atoms with Crippen molar-refractivity contribution in [1.29, 1.82) is 0 Å². The first-order valence-electron chi connectivity index (χ1n) is 3.33. The highest BCUT2D eigenvalue weighted by atomic mass is 32.1. The average molecular weight is 201 g/mol. The number of aromatic nitrogens is 1. The Morgan fingerprint density at radius 1 is 1.31 bits per heavy atom. The summed E-state index contributed by atoms with van der Waals surface area (Å²) in [4.78, 5) is 12.2. The molecule has 0 saturated carbocycles. The van der Waals surface area contributed by atoms with E-state index in [1.807, 2.05) is 23.7 Å². The van der Waals surface area contributed by atoms with Gasteiger partial charge in [0.25, 0.3) is 0 Å². The highest BCUT2D eigenvalue weighted by molar-refractivity contribution is 7.16. The highest BCUT2D eigenvalue weighted by Gasteiger charge is 1.89. The monoisotopic (exact) mass is 201 g/mol. The minimum Gasteiger partial charge on any atom is -0.245 e. The number of benzene rings is 1. The maximum atomic E-state index is 9.69. The number of carbonyl (C=O) groups is 1. The Bertz CT molecular complexity index is 367. The molecule has 2 nitrogen and oxygen atoms in total. The van der Waals surface area contributed by atoms with E-state index in [1.54, 1.807) is 11.3 Å². The van der Waals surface area contributed by atoms with Gasteiger partial charge in [-0.15, -0.1) is 20.1 Å². The zero-order valence-corrected chi connectivity index (χ0v) is 7.22. The van der Waals surface area contributed by atoms with E-state index in [-0.39, 0.29) is 0 Å². The molecule has 0 atom stereocenters. The van der Waals surface area contributed by atoms with Gasteiger partial charge in [0.15, 0.2) is 0 Å². The summed E-state index contributed by atoms with van der Waals surface area (Å²) < 4.78 is 20.7. The number of hydrogen-bond acceptors (Lipinski definition) is 3. The zero-order valence-electron chi connectivity index (χ0n) is 6.41. The van der Waals surface area contributed by atoms with E-state index in [0.29, 0.717) is 0 Å². The van der Waals surface area contributed by atoms with Gasteiger partial charge in [-0.2, -0.15) is 0 Å². The van der Waals surface area contributed by atoms with Crippen molar-refractivity contribution >= 4 is 27.8 Å². The van der Waals surface area contributed by atoms with Crippen LogP contribution in [0.5, 0.6) is 0 Å². The molecule has 0 fully saturated rings. The number of fused-ring (bicyclic) bond motifs is 1. The SMILES string of the molecule is O=C(F)F.c1ccc2scnc2c1. The maximum Gasteiger partial charge on any atom is 0.483 e. The molecule has 0 amide bonds. The van der Waals surface area contributed by atoms with Crippen molar-refractivity contribution in [3.63, 3.8) is 0 Å². The standard InChI is InChI=1S/C7H5NS.CF2O/c1-2-4-7-6(3-1)8-5-9-7;2-1(3)4/h1-5H;. The van der Waals surface area contributed by atoms with E-state index >= 15 is 0 Å². The molecule has 1 aromatic heterocycles. The number of nitrogens with zero attached hydrogens (tertiary/aromatic N) is 1. The van der Waals surface area contributed by atoms with Crippen molar-refractivity contribution < 1.29 is 13.6 Å². The molecule has 0 saturated heterocycles. The van der Waals surface area contributed by atoms with E-state index in [1.165, 1.54) is 4.70 Å². The van der Waals surface area contributed by atoms with Gasteiger partial charge in [0.1, 0.15) is 0 Å². The summed E-state index contributed by atoms with van der Waals surface area (Å²) in [6.07, 6.45) is -2.83. The first-order valence-corrected chi connectivity index (χ1v) is 4.21. The minimum absolute atomic E-state index is 1.10. The molecule has 0 spiro atoms. The first-order chi connectivity index (χ1) is 6.20. The summed E-state index contributed by atoms with van der Waals surface area (Å²) in [6.45, 7) is 0. The molecule has 0 aliphatic heterocycles. The van der Waals surface area contributed by atoms with E-state index in [0.717, 1.165) is 5.52 Å². The van der Waals surface area contributed by atoms with Crippen LogP contribution in [0.15, 0.2) is 29.8 Å². The third kappa shape index (κ3) is 3.25. The van der Waals surface area contributed by atoms with Crippen molar-refractivity contribution in [3.05, 3.63) is 29.8 Å². The maximum absolute atomic E-state index is 9.69. The predicted octanol–water partition coefficient (Wildman–Crippen LogP) is 3.34. The van der Waals surface area contributed by atoms with Crippen LogP contribution >= 0.6 is 11.3 Å². The predicted molar refractivity (Wildman–Crippen MR) is 47.2 cm³/mol. The molecule has 5 heteroatoms. The minimum atomic E-state index is -2.83. The lowest BCUT2D eigenvalue weighted by Gasteiger charge is -1.80. The second kappa shape index (κ2) is 4.61. The van der Waals surface area contributed by atoms with Crippen LogP contribution < -0.4 is 0 Å². The number of rotatable bonds is 0. The lowest BCUT2D eigenvalue weighted by Crippen LogP contribution is -1.61. The van der Waals surface area contributed by atoms with Crippen molar-refractivity contribution in [2.75, 3.05) is 0 Å². The number of thiazole rings is 1. The highest BCUT2D eigenvalue weighted by Crippen LogP contribution is 2.15. The smallest absolute Gasteiger partial charge is 0.245 e. The van der Waals surface area contributed by atoms with Crippen LogP contribution in [0.25, 0.3) is 10.2 Å². The van der Waals surface area contributed by atoms with Crippen molar-refractivity contribution in [2.24, 2.45) is 0 Å². The molecule has 0 bridgehead atoms. The Kier molecular flexibility index (Phi) is 3.45. The summed E-state index contributed by atoms with van der Waals surface area (Å²) in [5.41, 5.74) is 2.97. The molecule has 2 rings (SSSR count). The largest absolute Gasteiger partial charge is 0.483 e. The molecule has 0 aliphatic rings. The van der Waals surface area contributed by atoms with Gasteiger partial charge in [-0.1, -0.05) is 12.1 Å². The Labute approximate surface area is 76.8 Å². The summed E-state index contributed by atoms with van der Waals surface area (Å²) >= 11 is 1.68. The van der Waals surface area contributed by atoms with Gasteiger partial charge in [0.2, 0.25) is 0 Å². The van der Waals surface area contributed by atoms with Gasteiger partial charge >= 0.3 is 6.29 Å². The van der Waals surface area contributed by atoms with Gasteiger partial charge in [-0.25, -0.2) is 9.78 Å². The van der Waals surface area contributed by atoms with Gasteiger partial charge in [0, 0.05) is 0 Å². The molecule has 13 heavy (non-hydrogen) atoms. The van der Waals surface area contributed by atoms with Crippen molar-refractivity contribution in [1.82, 2.24) is 4.98 Å². The summed E-state index contributed by atoms with van der Waals surface area (Å²) in [7, 11) is 0. The molecular weight excluding hydrogens is 196 g/mol. The van der Waals surface area contributed by atoms with Crippen LogP contribution in [0.3, 0.4) is 0 Å². The summed E-state index contributed by atoms with van der Waals surface area (Å²) in [5.74, 6) is 0. The number of hydrogen-bond donors (Lipinski definition) is 0. The molecule has 68 valence electrons. The lowest BCUT2D eigenvalue weighted by molar-refractivity contribution is 0.199. The zero-order chi connectivity index (χ0) is 9.68. The number of halogens is 2. The third-order valence-electron chi connectivity index (χ3n) is 1.24. The number of para-hydroxylation sites is 1. The third-order valence-corrected chi connectivity index (χ3v) is 2.05. The Balaban J connectivity index is 0.000000184. The molecule has 0 N–H and O–H groups in total. The molecule has 1 heterocycles. The fourth-order valence-corrected chi connectivity index (χ4v) is 1.48. The lowest BCUT2D eigenvalue weighted by atomic mass is 10.3. The van der Waals surface area contributed by atoms with Crippen LogP contribution in [0, 0.1) is 0 Å². The normalized spacial score (nSPS) is 9.08.